The zero-order chi connectivity index (χ0) is 10.4. The average molecular weight is 216 g/mol. The van der Waals surface area contributed by atoms with Gasteiger partial charge in [-0.15, -0.1) is 0 Å². The quantitative estimate of drug-likeness (QED) is 0.681. The Morgan fingerprint density at radius 1 is 1.29 bits per heavy atom. The van der Waals surface area contributed by atoms with E-state index >= 15 is 0 Å². The molecule has 4 heteroatoms. The highest BCUT2D eigenvalue weighted by Crippen LogP contribution is 2.08. The van der Waals surface area contributed by atoms with E-state index in [1.807, 2.05) is 24.3 Å². The summed E-state index contributed by atoms with van der Waals surface area (Å²) in [6.07, 6.45) is -0.692. The molecule has 0 bridgehead atoms. The Bertz CT molecular complexity index is 263. The van der Waals surface area contributed by atoms with Gasteiger partial charge in [0, 0.05) is 18.1 Å². The van der Waals surface area contributed by atoms with Gasteiger partial charge in [-0.3, -0.25) is 0 Å². The van der Waals surface area contributed by atoms with Crippen LogP contribution >= 0.6 is 11.6 Å². The fourth-order valence-electron chi connectivity index (χ4n) is 1.05. The van der Waals surface area contributed by atoms with Crippen LogP contribution in [-0.2, 0) is 6.54 Å². The van der Waals surface area contributed by atoms with Gasteiger partial charge in [0.25, 0.3) is 0 Å². The number of benzene rings is 1. The van der Waals surface area contributed by atoms with Crippen LogP contribution in [0.1, 0.15) is 5.56 Å². The van der Waals surface area contributed by atoms with Crippen LogP contribution in [-0.4, -0.2) is 29.5 Å². The Labute approximate surface area is 88.3 Å². The first-order valence-electron chi connectivity index (χ1n) is 4.46. The first-order chi connectivity index (χ1) is 6.72. The molecular formula is C10H14ClNO2. The van der Waals surface area contributed by atoms with Gasteiger partial charge < -0.3 is 15.5 Å². The van der Waals surface area contributed by atoms with Crippen LogP contribution in [0, 0.1) is 0 Å². The highest BCUT2D eigenvalue weighted by molar-refractivity contribution is 6.30. The highest BCUT2D eigenvalue weighted by atomic mass is 35.5. The molecule has 3 nitrogen and oxygen atoms in total. The van der Waals surface area contributed by atoms with Crippen LogP contribution in [0.2, 0.25) is 5.02 Å². The van der Waals surface area contributed by atoms with E-state index < -0.39 is 6.10 Å². The molecule has 1 aromatic carbocycles. The van der Waals surface area contributed by atoms with Gasteiger partial charge in [0.1, 0.15) is 0 Å². The predicted molar refractivity (Wildman–Crippen MR) is 56.3 cm³/mol. The maximum absolute atomic E-state index is 9.05. The minimum atomic E-state index is -0.692. The second-order valence-corrected chi connectivity index (χ2v) is 3.53. The largest absolute Gasteiger partial charge is 0.394 e. The van der Waals surface area contributed by atoms with E-state index in [-0.39, 0.29) is 6.61 Å². The van der Waals surface area contributed by atoms with Gasteiger partial charge >= 0.3 is 0 Å². The summed E-state index contributed by atoms with van der Waals surface area (Å²) in [5.41, 5.74) is 1.10. The summed E-state index contributed by atoms with van der Waals surface area (Å²) in [5.74, 6) is 0. The van der Waals surface area contributed by atoms with E-state index in [4.69, 9.17) is 21.8 Å². The van der Waals surface area contributed by atoms with Gasteiger partial charge in [-0.2, -0.15) is 0 Å². The first-order valence-corrected chi connectivity index (χ1v) is 4.84. The van der Waals surface area contributed by atoms with Crippen molar-refractivity contribution in [1.29, 1.82) is 0 Å². The minimum Gasteiger partial charge on any atom is -0.394 e. The molecule has 78 valence electrons. The Hall–Kier alpha value is -0.610. The number of rotatable bonds is 5. The van der Waals surface area contributed by atoms with E-state index in [0.29, 0.717) is 18.1 Å². The Morgan fingerprint density at radius 3 is 2.50 bits per heavy atom. The number of aliphatic hydroxyl groups excluding tert-OH is 2. The molecule has 1 rings (SSSR count). The van der Waals surface area contributed by atoms with Crippen LogP contribution in [0.4, 0.5) is 0 Å². The molecule has 0 aliphatic rings. The lowest BCUT2D eigenvalue weighted by Crippen LogP contribution is -2.28. The van der Waals surface area contributed by atoms with Crippen LogP contribution < -0.4 is 5.32 Å². The Kier molecular flexibility index (Phi) is 4.90. The molecule has 1 atom stereocenters. The van der Waals surface area contributed by atoms with Crippen LogP contribution in [0.5, 0.6) is 0 Å². The molecule has 1 aromatic rings. The maximum atomic E-state index is 9.05. The van der Waals surface area contributed by atoms with Crippen molar-refractivity contribution in [2.75, 3.05) is 13.2 Å². The van der Waals surface area contributed by atoms with Gasteiger partial charge in [0.05, 0.1) is 12.7 Å². The standard InChI is InChI=1S/C10H14ClNO2/c11-9-3-1-8(2-4-9)5-12-6-10(14)7-13/h1-4,10,12-14H,5-7H2/t10-/m0/s1. The van der Waals surface area contributed by atoms with Crippen molar-refractivity contribution in [3.05, 3.63) is 34.9 Å². The molecule has 0 saturated carbocycles. The van der Waals surface area contributed by atoms with E-state index in [1.54, 1.807) is 0 Å². The second kappa shape index (κ2) is 5.98. The SMILES string of the molecule is OC[C@@H](O)CNCc1ccc(Cl)cc1. The van der Waals surface area contributed by atoms with Gasteiger partial charge in [-0.05, 0) is 17.7 Å². The summed E-state index contributed by atoms with van der Waals surface area (Å²) in [4.78, 5) is 0. The third kappa shape index (κ3) is 4.07. The zero-order valence-electron chi connectivity index (χ0n) is 7.78. The van der Waals surface area contributed by atoms with Gasteiger partial charge in [-0.25, -0.2) is 0 Å². The third-order valence-electron chi connectivity index (χ3n) is 1.83. The van der Waals surface area contributed by atoms with Crippen molar-refractivity contribution in [3.8, 4) is 0 Å². The topological polar surface area (TPSA) is 52.5 Å². The van der Waals surface area contributed by atoms with Crippen LogP contribution in [0.3, 0.4) is 0 Å². The van der Waals surface area contributed by atoms with Gasteiger partial charge in [-0.1, -0.05) is 23.7 Å². The molecule has 0 aromatic heterocycles. The molecular weight excluding hydrogens is 202 g/mol. The molecule has 3 N–H and O–H groups in total. The van der Waals surface area contributed by atoms with Crippen LogP contribution in [0.25, 0.3) is 0 Å². The molecule has 0 amide bonds. The summed E-state index contributed by atoms with van der Waals surface area (Å²) in [5, 5.41) is 21.3. The van der Waals surface area contributed by atoms with E-state index in [1.165, 1.54) is 0 Å². The Morgan fingerprint density at radius 2 is 1.93 bits per heavy atom. The zero-order valence-corrected chi connectivity index (χ0v) is 8.54. The van der Waals surface area contributed by atoms with Crippen molar-refractivity contribution in [3.63, 3.8) is 0 Å². The minimum absolute atomic E-state index is 0.215. The van der Waals surface area contributed by atoms with E-state index in [0.717, 1.165) is 5.56 Å². The van der Waals surface area contributed by atoms with Gasteiger partial charge in [0.2, 0.25) is 0 Å². The molecule has 0 heterocycles. The number of halogens is 1. The van der Waals surface area contributed by atoms with Crippen molar-refractivity contribution in [2.45, 2.75) is 12.6 Å². The molecule has 0 spiro atoms. The van der Waals surface area contributed by atoms with E-state index in [2.05, 4.69) is 5.32 Å². The summed E-state index contributed by atoms with van der Waals surface area (Å²) in [7, 11) is 0. The normalized spacial score (nSPS) is 12.8. The fraction of sp³-hybridized carbons (Fsp3) is 0.400. The smallest absolute Gasteiger partial charge is 0.0895 e. The average Bonchev–Trinajstić information content (AvgIpc) is 2.21. The molecule has 14 heavy (non-hydrogen) atoms. The Balaban J connectivity index is 2.28. The monoisotopic (exact) mass is 215 g/mol. The van der Waals surface area contributed by atoms with Crippen molar-refractivity contribution in [2.24, 2.45) is 0 Å². The molecule has 0 aliphatic heterocycles. The lowest BCUT2D eigenvalue weighted by molar-refractivity contribution is 0.0942. The van der Waals surface area contributed by atoms with Crippen molar-refractivity contribution >= 4 is 11.6 Å². The lowest BCUT2D eigenvalue weighted by atomic mass is 10.2. The summed E-state index contributed by atoms with van der Waals surface area (Å²) in [6.45, 7) is 0.834. The van der Waals surface area contributed by atoms with Crippen LogP contribution in [0.15, 0.2) is 24.3 Å². The van der Waals surface area contributed by atoms with Crippen molar-refractivity contribution < 1.29 is 10.2 Å². The predicted octanol–water partition coefficient (Wildman–Crippen LogP) is 0.783. The molecule has 0 aliphatic carbocycles. The molecule has 0 saturated heterocycles. The molecule has 0 fully saturated rings. The first kappa shape index (κ1) is 11.5. The molecule has 0 radical (unpaired) electrons. The number of aliphatic hydroxyl groups is 2. The second-order valence-electron chi connectivity index (χ2n) is 3.09. The van der Waals surface area contributed by atoms with Crippen molar-refractivity contribution in [1.82, 2.24) is 5.32 Å². The summed E-state index contributed by atoms with van der Waals surface area (Å²) in [6, 6.07) is 7.48. The molecule has 0 unspecified atom stereocenters. The lowest BCUT2D eigenvalue weighted by Gasteiger charge is -2.08. The highest BCUT2D eigenvalue weighted by Gasteiger charge is 2.00. The van der Waals surface area contributed by atoms with Gasteiger partial charge in [0.15, 0.2) is 0 Å². The number of hydrogen-bond acceptors (Lipinski definition) is 3. The van der Waals surface area contributed by atoms with E-state index in [9.17, 15) is 0 Å². The summed E-state index contributed by atoms with van der Waals surface area (Å²) < 4.78 is 0. The fourth-order valence-corrected chi connectivity index (χ4v) is 1.18. The number of nitrogens with one attached hydrogen (secondary N) is 1. The maximum Gasteiger partial charge on any atom is 0.0895 e. The number of hydrogen-bond donors (Lipinski definition) is 3. The third-order valence-corrected chi connectivity index (χ3v) is 2.09. The summed E-state index contributed by atoms with van der Waals surface area (Å²) >= 11 is 5.73.